The van der Waals surface area contributed by atoms with E-state index in [9.17, 15) is 4.79 Å². The monoisotopic (exact) mass is 416 g/mol. The second-order valence-electron chi connectivity index (χ2n) is 7.47. The van der Waals surface area contributed by atoms with E-state index in [-0.39, 0.29) is 11.9 Å². The zero-order valence-corrected chi connectivity index (χ0v) is 17.8. The van der Waals surface area contributed by atoms with Crippen molar-refractivity contribution in [3.63, 3.8) is 0 Å². The number of rotatable bonds is 6. The summed E-state index contributed by atoms with van der Waals surface area (Å²) in [7, 11) is 3.05. The first-order chi connectivity index (χ1) is 15.1. The van der Waals surface area contributed by atoms with Crippen molar-refractivity contribution in [1.29, 1.82) is 0 Å². The molecular weight excluding hydrogens is 392 g/mol. The second-order valence-corrected chi connectivity index (χ2v) is 7.47. The third-order valence-electron chi connectivity index (χ3n) is 5.33. The number of benzene rings is 2. The zero-order valence-electron chi connectivity index (χ0n) is 17.8. The summed E-state index contributed by atoms with van der Waals surface area (Å²) < 4.78 is 10.8. The number of ether oxygens (including phenoxy) is 2. The molecule has 1 amide bonds. The molecule has 0 saturated heterocycles. The van der Waals surface area contributed by atoms with Crippen LogP contribution in [0.15, 0.2) is 65.7 Å². The van der Waals surface area contributed by atoms with Gasteiger partial charge in [-0.25, -0.2) is 4.99 Å². The van der Waals surface area contributed by atoms with Crippen LogP contribution in [0, 0.1) is 0 Å². The molecule has 7 heteroatoms. The first-order valence-electron chi connectivity index (χ1n) is 10.0. The van der Waals surface area contributed by atoms with E-state index in [0.29, 0.717) is 35.9 Å². The molecule has 7 nitrogen and oxygen atoms in total. The highest BCUT2D eigenvalue weighted by Gasteiger charge is 2.48. The normalized spacial score (nSPS) is 13.8. The standard InChI is InChI=1S/C24H24N4O3/c1-16(29)25-22-24(14-17-10-6-4-7-11-17,15-18-12-8-5-9-13-18)20-19(26-22)21(30-2)28-23(27-20)31-3/h4-13H,14-15H2,1-3H3,(H,25,26,29). The lowest BCUT2D eigenvalue weighted by molar-refractivity contribution is -0.117. The second kappa shape index (κ2) is 8.55. The van der Waals surface area contributed by atoms with Crippen LogP contribution in [0.4, 0.5) is 5.69 Å². The molecule has 0 radical (unpaired) electrons. The minimum Gasteiger partial charge on any atom is -0.479 e. The molecule has 4 rings (SSSR count). The summed E-state index contributed by atoms with van der Waals surface area (Å²) in [5.74, 6) is 0.646. The largest absolute Gasteiger partial charge is 0.479 e. The zero-order chi connectivity index (χ0) is 21.8. The van der Waals surface area contributed by atoms with E-state index in [4.69, 9.17) is 19.5 Å². The number of nitrogens with zero attached hydrogens (tertiary/aromatic N) is 3. The number of aromatic nitrogens is 2. The number of carbonyl (C=O) groups is 1. The van der Waals surface area contributed by atoms with Crippen LogP contribution < -0.4 is 14.8 Å². The highest BCUT2D eigenvalue weighted by atomic mass is 16.5. The lowest BCUT2D eigenvalue weighted by atomic mass is 9.73. The summed E-state index contributed by atoms with van der Waals surface area (Å²) in [5.41, 5.74) is 2.65. The average Bonchev–Trinajstić information content (AvgIpc) is 3.06. The van der Waals surface area contributed by atoms with Gasteiger partial charge < -0.3 is 14.8 Å². The fourth-order valence-corrected chi connectivity index (χ4v) is 4.01. The van der Waals surface area contributed by atoms with E-state index >= 15 is 0 Å². The molecule has 0 spiro atoms. The van der Waals surface area contributed by atoms with Crippen molar-refractivity contribution in [1.82, 2.24) is 15.3 Å². The lowest BCUT2D eigenvalue weighted by Gasteiger charge is -2.31. The SMILES string of the molecule is COc1nc(OC)c2c(n1)C(Cc1ccccc1)(Cc1ccccc1)C(NC(C)=O)=N2. The van der Waals surface area contributed by atoms with Crippen LogP contribution in [0.3, 0.4) is 0 Å². The van der Waals surface area contributed by atoms with Gasteiger partial charge in [-0.15, -0.1) is 0 Å². The molecule has 0 unspecified atom stereocenters. The molecule has 1 aliphatic heterocycles. The number of hydrogen-bond acceptors (Lipinski definition) is 6. The van der Waals surface area contributed by atoms with Gasteiger partial charge >= 0.3 is 6.01 Å². The fourth-order valence-electron chi connectivity index (χ4n) is 4.01. The Labute approximate surface area is 181 Å². The number of fused-ring (bicyclic) bond motifs is 1. The molecule has 2 heterocycles. The van der Waals surface area contributed by atoms with E-state index in [1.807, 2.05) is 36.4 Å². The number of nitrogens with one attached hydrogen (secondary N) is 1. The molecule has 158 valence electrons. The molecule has 1 aliphatic rings. The highest BCUT2D eigenvalue weighted by molar-refractivity contribution is 6.08. The Bertz CT molecular complexity index is 1070. The van der Waals surface area contributed by atoms with Gasteiger partial charge in [-0.3, -0.25) is 4.79 Å². The predicted molar refractivity (Wildman–Crippen MR) is 118 cm³/mol. The van der Waals surface area contributed by atoms with Gasteiger partial charge in [0.15, 0.2) is 5.69 Å². The number of amides is 1. The molecule has 1 aromatic heterocycles. The number of amidine groups is 1. The summed E-state index contributed by atoms with van der Waals surface area (Å²) in [6.45, 7) is 1.48. The summed E-state index contributed by atoms with van der Waals surface area (Å²) in [6.07, 6.45) is 1.16. The van der Waals surface area contributed by atoms with Gasteiger partial charge in [0, 0.05) is 6.92 Å². The van der Waals surface area contributed by atoms with E-state index in [1.165, 1.54) is 21.1 Å². The van der Waals surface area contributed by atoms with E-state index in [2.05, 4.69) is 34.6 Å². The van der Waals surface area contributed by atoms with Crippen molar-refractivity contribution in [3.05, 3.63) is 77.5 Å². The van der Waals surface area contributed by atoms with Gasteiger partial charge in [-0.2, -0.15) is 9.97 Å². The Morgan fingerprint density at radius 3 is 1.97 bits per heavy atom. The Balaban J connectivity index is 1.96. The highest BCUT2D eigenvalue weighted by Crippen LogP contribution is 2.47. The molecule has 0 bridgehead atoms. The molecule has 3 aromatic rings. The van der Waals surface area contributed by atoms with Gasteiger partial charge in [0.05, 0.1) is 25.3 Å². The van der Waals surface area contributed by atoms with Gasteiger partial charge in [0.25, 0.3) is 0 Å². The van der Waals surface area contributed by atoms with E-state index in [0.717, 1.165) is 11.1 Å². The summed E-state index contributed by atoms with van der Waals surface area (Å²) in [4.78, 5) is 25.9. The molecule has 0 fully saturated rings. The molecule has 31 heavy (non-hydrogen) atoms. The van der Waals surface area contributed by atoms with E-state index in [1.54, 1.807) is 0 Å². The topological polar surface area (TPSA) is 85.7 Å². The Morgan fingerprint density at radius 2 is 1.48 bits per heavy atom. The van der Waals surface area contributed by atoms with Gasteiger partial charge in [0.2, 0.25) is 11.8 Å². The van der Waals surface area contributed by atoms with Crippen molar-refractivity contribution in [2.75, 3.05) is 14.2 Å². The Kier molecular flexibility index (Phi) is 5.66. The van der Waals surface area contributed by atoms with Gasteiger partial charge in [0.1, 0.15) is 5.84 Å². The van der Waals surface area contributed by atoms with Gasteiger partial charge in [-0.1, -0.05) is 60.7 Å². The quantitative estimate of drug-likeness (QED) is 0.666. The van der Waals surface area contributed by atoms with Crippen LogP contribution in [0.1, 0.15) is 23.7 Å². The van der Waals surface area contributed by atoms with Crippen LogP contribution >= 0.6 is 0 Å². The number of hydrogen-bond donors (Lipinski definition) is 1. The Hall–Kier alpha value is -3.74. The summed E-state index contributed by atoms with van der Waals surface area (Å²) >= 11 is 0. The molecule has 0 saturated carbocycles. The molecule has 2 aromatic carbocycles. The molecule has 1 N–H and O–H groups in total. The maximum atomic E-state index is 12.1. The third kappa shape index (κ3) is 3.99. The van der Waals surface area contributed by atoms with Crippen molar-refractivity contribution in [2.24, 2.45) is 4.99 Å². The van der Waals surface area contributed by atoms with Crippen LogP contribution in [-0.4, -0.2) is 35.9 Å². The Morgan fingerprint density at radius 1 is 0.903 bits per heavy atom. The van der Waals surface area contributed by atoms with Crippen molar-refractivity contribution >= 4 is 17.4 Å². The van der Waals surface area contributed by atoms with Crippen LogP contribution in [0.5, 0.6) is 11.9 Å². The maximum Gasteiger partial charge on any atom is 0.319 e. The number of methoxy groups -OCH3 is 2. The van der Waals surface area contributed by atoms with E-state index < -0.39 is 5.41 Å². The van der Waals surface area contributed by atoms with Crippen molar-refractivity contribution < 1.29 is 14.3 Å². The first kappa shape index (κ1) is 20.5. The minimum atomic E-state index is -0.729. The average molecular weight is 416 g/mol. The molecular formula is C24H24N4O3. The summed E-state index contributed by atoms with van der Waals surface area (Å²) in [5, 5.41) is 2.96. The van der Waals surface area contributed by atoms with Crippen molar-refractivity contribution in [3.8, 4) is 11.9 Å². The number of carbonyl (C=O) groups excluding carboxylic acids is 1. The molecule has 0 aliphatic carbocycles. The summed E-state index contributed by atoms with van der Waals surface area (Å²) in [6, 6.07) is 20.4. The smallest absolute Gasteiger partial charge is 0.319 e. The van der Waals surface area contributed by atoms with Crippen LogP contribution in [0.2, 0.25) is 0 Å². The first-order valence-corrected chi connectivity index (χ1v) is 10.0. The van der Waals surface area contributed by atoms with Crippen molar-refractivity contribution in [2.45, 2.75) is 25.2 Å². The van der Waals surface area contributed by atoms with Gasteiger partial charge in [-0.05, 0) is 24.0 Å². The third-order valence-corrected chi connectivity index (χ3v) is 5.33. The minimum absolute atomic E-state index is 0.195. The number of aliphatic imine (C=N–C) groups is 1. The predicted octanol–water partition coefficient (Wildman–Crippen LogP) is 3.40. The maximum absolute atomic E-state index is 12.1. The molecule has 0 atom stereocenters. The van der Waals surface area contributed by atoms with Crippen LogP contribution in [0.25, 0.3) is 0 Å². The fraction of sp³-hybridized carbons (Fsp3) is 0.250. The lowest BCUT2D eigenvalue weighted by Crippen LogP contribution is -2.47. The van der Waals surface area contributed by atoms with Crippen LogP contribution in [-0.2, 0) is 23.1 Å².